The van der Waals surface area contributed by atoms with Crippen molar-refractivity contribution in [1.29, 1.82) is 0 Å². The molecule has 0 spiro atoms. The van der Waals surface area contributed by atoms with Crippen LogP contribution in [0.25, 0.3) is 10.9 Å². The monoisotopic (exact) mass is 323 g/mol. The van der Waals surface area contributed by atoms with Gasteiger partial charge >= 0.3 is 0 Å². The molecule has 23 heavy (non-hydrogen) atoms. The lowest BCUT2D eigenvalue weighted by Gasteiger charge is -2.21. The van der Waals surface area contributed by atoms with E-state index in [1.165, 1.54) is 28.1 Å². The van der Waals surface area contributed by atoms with Crippen LogP contribution in [0.5, 0.6) is 0 Å². The normalized spacial score (nSPS) is 17.3. The van der Waals surface area contributed by atoms with Crippen LogP contribution in [0, 0.1) is 12.8 Å². The number of aryl methyl sites for hydroxylation is 1. The summed E-state index contributed by atoms with van der Waals surface area (Å²) in [4.78, 5) is 10.7. The third kappa shape index (κ3) is 3.14. The van der Waals surface area contributed by atoms with E-state index in [2.05, 4.69) is 54.5 Å². The third-order valence-corrected chi connectivity index (χ3v) is 5.49. The van der Waals surface area contributed by atoms with Gasteiger partial charge in [0, 0.05) is 22.5 Å². The van der Waals surface area contributed by atoms with E-state index < -0.39 is 0 Å². The highest BCUT2D eigenvalue weighted by atomic mass is 32.1. The first-order valence-corrected chi connectivity index (χ1v) is 9.06. The molecule has 1 N–H and O–H groups in total. The maximum Gasteiger partial charge on any atom is 0.110 e. The molecule has 0 amide bonds. The zero-order chi connectivity index (χ0) is 15.8. The number of pyridine rings is 1. The van der Waals surface area contributed by atoms with Gasteiger partial charge in [-0.25, -0.2) is 4.98 Å². The largest absolute Gasteiger partial charge is 0.300 e. The minimum absolute atomic E-state index is 0.217. The summed E-state index contributed by atoms with van der Waals surface area (Å²) in [6.45, 7) is 4.33. The Hall–Kier alpha value is -1.78. The molecule has 1 aromatic carbocycles. The van der Waals surface area contributed by atoms with E-state index in [-0.39, 0.29) is 6.04 Å². The van der Waals surface area contributed by atoms with E-state index in [0.29, 0.717) is 6.04 Å². The Morgan fingerprint density at radius 2 is 2.00 bits per heavy atom. The number of rotatable bonds is 5. The van der Waals surface area contributed by atoms with Crippen molar-refractivity contribution in [3.63, 3.8) is 0 Å². The number of thiazole rings is 1. The topological polar surface area (TPSA) is 37.8 Å². The molecule has 3 aromatic rings. The summed E-state index contributed by atoms with van der Waals surface area (Å²) in [7, 11) is 0. The molecule has 0 radical (unpaired) electrons. The van der Waals surface area contributed by atoms with Crippen molar-refractivity contribution in [3.05, 3.63) is 58.2 Å². The van der Waals surface area contributed by atoms with Crippen molar-refractivity contribution in [2.45, 2.75) is 38.8 Å². The van der Waals surface area contributed by atoms with Gasteiger partial charge < -0.3 is 0 Å². The fourth-order valence-electron chi connectivity index (χ4n) is 3.03. The predicted octanol–water partition coefficient (Wildman–Crippen LogP) is 4.80. The van der Waals surface area contributed by atoms with Gasteiger partial charge in [0.2, 0.25) is 0 Å². The van der Waals surface area contributed by atoms with Crippen LogP contribution in [0.3, 0.4) is 0 Å². The first kappa shape index (κ1) is 14.8. The van der Waals surface area contributed by atoms with Gasteiger partial charge in [0.25, 0.3) is 0 Å². The molecule has 0 unspecified atom stereocenters. The van der Waals surface area contributed by atoms with Crippen LogP contribution in [0.1, 0.15) is 47.4 Å². The molecule has 2 heterocycles. The number of hydrogen-bond donors (Lipinski definition) is 1. The Morgan fingerprint density at radius 3 is 2.74 bits per heavy atom. The van der Waals surface area contributed by atoms with Crippen LogP contribution in [0.2, 0.25) is 0 Å². The SMILES string of the molecule is Cc1cnc([C@H](N[C@H](C)c2ccc3ccccc3n2)C2CC2)s1. The summed E-state index contributed by atoms with van der Waals surface area (Å²) in [5.74, 6) is 0.725. The van der Waals surface area contributed by atoms with E-state index in [9.17, 15) is 0 Å². The molecular weight excluding hydrogens is 302 g/mol. The number of nitrogens with zero attached hydrogens (tertiary/aromatic N) is 2. The first-order chi connectivity index (χ1) is 11.2. The minimum Gasteiger partial charge on any atom is -0.300 e. The molecule has 0 bridgehead atoms. The number of benzene rings is 1. The summed E-state index contributed by atoms with van der Waals surface area (Å²) in [5, 5.41) is 6.19. The zero-order valence-electron chi connectivity index (χ0n) is 13.5. The van der Waals surface area contributed by atoms with Crippen molar-refractivity contribution in [3.8, 4) is 0 Å². The van der Waals surface area contributed by atoms with Crippen LogP contribution in [-0.4, -0.2) is 9.97 Å². The standard InChI is InChI=1S/C19H21N3S/c1-12-11-20-19(23-12)18(15-7-8-15)21-13(2)16-10-9-14-5-3-4-6-17(14)22-16/h3-6,9-11,13,15,18,21H,7-8H2,1-2H3/t13-,18-/m1/s1. The van der Waals surface area contributed by atoms with Crippen LogP contribution < -0.4 is 5.32 Å². The van der Waals surface area contributed by atoms with Gasteiger partial charge in [-0.05, 0) is 44.7 Å². The van der Waals surface area contributed by atoms with E-state index >= 15 is 0 Å². The Labute approximate surface area is 140 Å². The highest BCUT2D eigenvalue weighted by molar-refractivity contribution is 7.11. The molecule has 2 aromatic heterocycles. The molecule has 0 saturated heterocycles. The Morgan fingerprint density at radius 1 is 1.17 bits per heavy atom. The van der Waals surface area contributed by atoms with Gasteiger partial charge in [0.15, 0.2) is 0 Å². The first-order valence-electron chi connectivity index (χ1n) is 8.25. The molecule has 1 saturated carbocycles. The van der Waals surface area contributed by atoms with Gasteiger partial charge in [0.1, 0.15) is 5.01 Å². The molecule has 1 fully saturated rings. The average molecular weight is 323 g/mol. The summed E-state index contributed by atoms with van der Waals surface area (Å²) < 4.78 is 0. The zero-order valence-corrected chi connectivity index (χ0v) is 14.3. The molecule has 4 heteroatoms. The molecule has 0 aliphatic heterocycles. The minimum atomic E-state index is 0.217. The molecule has 1 aliphatic rings. The quantitative estimate of drug-likeness (QED) is 0.733. The average Bonchev–Trinajstić information content (AvgIpc) is 3.33. The molecule has 1 aliphatic carbocycles. The van der Waals surface area contributed by atoms with Crippen molar-refractivity contribution in [2.75, 3.05) is 0 Å². The second-order valence-electron chi connectivity index (χ2n) is 6.44. The maximum atomic E-state index is 4.83. The molecular formula is C19H21N3S. The smallest absolute Gasteiger partial charge is 0.110 e. The van der Waals surface area contributed by atoms with Crippen LogP contribution in [0.4, 0.5) is 0 Å². The number of nitrogens with one attached hydrogen (secondary N) is 1. The van der Waals surface area contributed by atoms with Gasteiger partial charge in [-0.2, -0.15) is 0 Å². The fourth-order valence-corrected chi connectivity index (χ4v) is 3.96. The number of para-hydroxylation sites is 1. The van der Waals surface area contributed by atoms with Crippen molar-refractivity contribution < 1.29 is 0 Å². The second-order valence-corrected chi connectivity index (χ2v) is 7.71. The van der Waals surface area contributed by atoms with Gasteiger partial charge in [-0.15, -0.1) is 11.3 Å². The predicted molar refractivity (Wildman–Crippen MR) is 95.6 cm³/mol. The Bertz CT molecular complexity index is 822. The van der Waals surface area contributed by atoms with Gasteiger partial charge in [-0.3, -0.25) is 10.3 Å². The Kier molecular flexibility index (Phi) is 3.87. The van der Waals surface area contributed by atoms with Crippen molar-refractivity contribution >= 4 is 22.2 Å². The van der Waals surface area contributed by atoms with E-state index in [1.54, 1.807) is 0 Å². The van der Waals surface area contributed by atoms with E-state index in [0.717, 1.165) is 17.1 Å². The van der Waals surface area contributed by atoms with Gasteiger partial charge in [-0.1, -0.05) is 24.3 Å². The molecule has 3 nitrogen and oxygen atoms in total. The number of hydrogen-bond acceptors (Lipinski definition) is 4. The maximum absolute atomic E-state index is 4.83. The van der Waals surface area contributed by atoms with Crippen LogP contribution in [-0.2, 0) is 0 Å². The Balaban J connectivity index is 1.58. The van der Waals surface area contributed by atoms with Gasteiger partial charge in [0.05, 0.1) is 17.3 Å². The number of fused-ring (bicyclic) bond motifs is 1. The summed E-state index contributed by atoms with van der Waals surface area (Å²) in [5.41, 5.74) is 2.16. The lowest BCUT2D eigenvalue weighted by atomic mass is 10.1. The fraction of sp³-hybridized carbons (Fsp3) is 0.368. The second kappa shape index (κ2) is 6.02. The molecule has 2 atom stereocenters. The van der Waals surface area contributed by atoms with Crippen molar-refractivity contribution in [1.82, 2.24) is 15.3 Å². The lowest BCUT2D eigenvalue weighted by Crippen LogP contribution is -2.26. The number of aromatic nitrogens is 2. The lowest BCUT2D eigenvalue weighted by molar-refractivity contribution is 0.421. The van der Waals surface area contributed by atoms with E-state index in [4.69, 9.17) is 4.98 Å². The van der Waals surface area contributed by atoms with Crippen LogP contribution in [0.15, 0.2) is 42.6 Å². The van der Waals surface area contributed by atoms with Crippen LogP contribution >= 0.6 is 11.3 Å². The molecule has 118 valence electrons. The molecule has 4 rings (SSSR count). The summed E-state index contributed by atoms with van der Waals surface area (Å²) in [6, 6.07) is 13.2. The highest BCUT2D eigenvalue weighted by Crippen LogP contribution is 2.43. The van der Waals surface area contributed by atoms with Crippen molar-refractivity contribution in [2.24, 2.45) is 5.92 Å². The van der Waals surface area contributed by atoms with E-state index in [1.807, 2.05) is 23.6 Å². The summed E-state index contributed by atoms with van der Waals surface area (Å²) >= 11 is 1.81. The summed E-state index contributed by atoms with van der Waals surface area (Å²) in [6.07, 6.45) is 4.58. The highest BCUT2D eigenvalue weighted by Gasteiger charge is 2.35. The third-order valence-electron chi connectivity index (χ3n) is 4.49.